The number of carbonyl (C=O) groups is 3. The zero-order valence-electron chi connectivity index (χ0n) is 21.4. The van der Waals surface area contributed by atoms with Crippen LogP contribution in [0, 0.1) is 0 Å². The quantitative estimate of drug-likeness (QED) is 0.234. The minimum atomic E-state index is -1.18. The van der Waals surface area contributed by atoms with Crippen molar-refractivity contribution in [2.75, 3.05) is 4.90 Å². The number of ketones is 1. The van der Waals surface area contributed by atoms with Gasteiger partial charge in [0.15, 0.2) is 17.3 Å². The van der Waals surface area contributed by atoms with Crippen molar-refractivity contribution in [3.63, 3.8) is 0 Å². The Hall–Kier alpha value is -4.73. The fourth-order valence-corrected chi connectivity index (χ4v) is 5.01. The highest BCUT2D eigenvalue weighted by Crippen LogP contribution is 2.34. The first kappa shape index (κ1) is 25.9. The molecule has 0 unspecified atom stereocenters. The largest absolute Gasteiger partial charge is 0.504 e. The van der Waals surface area contributed by atoms with Crippen molar-refractivity contribution >= 4 is 34.3 Å². The average Bonchev–Trinajstić information content (AvgIpc) is 3.59. The molecule has 10 heteroatoms. The number of rotatable bonds is 8. The number of fused-ring (bicyclic) bond motifs is 1. The van der Waals surface area contributed by atoms with Crippen molar-refractivity contribution in [1.29, 1.82) is 0 Å². The van der Waals surface area contributed by atoms with Gasteiger partial charge >= 0.3 is 0 Å². The number of nitrogens with one attached hydrogen (secondary N) is 1. The van der Waals surface area contributed by atoms with Crippen LogP contribution in [0.15, 0.2) is 66.7 Å². The fraction of sp³-hybridized carbons (Fsp3) is 0.276. The molecule has 0 bridgehead atoms. The maximum absolute atomic E-state index is 14.1. The Labute approximate surface area is 224 Å². The topological polar surface area (TPSA) is 138 Å². The van der Waals surface area contributed by atoms with Crippen LogP contribution in [0.3, 0.4) is 0 Å². The molecule has 0 saturated heterocycles. The van der Waals surface area contributed by atoms with Crippen molar-refractivity contribution in [1.82, 2.24) is 20.3 Å². The van der Waals surface area contributed by atoms with Gasteiger partial charge in [0.05, 0.1) is 5.52 Å². The zero-order valence-corrected chi connectivity index (χ0v) is 21.4. The van der Waals surface area contributed by atoms with Crippen molar-refractivity contribution < 1.29 is 24.6 Å². The first-order valence-corrected chi connectivity index (χ1v) is 12.9. The molecule has 10 nitrogen and oxygen atoms in total. The van der Waals surface area contributed by atoms with E-state index in [1.54, 1.807) is 36.4 Å². The number of carbonyl (C=O) groups excluding carboxylic acids is 3. The van der Waals surface area contributed by atoms with Crippen LogP contribution in [0.25, 0.3) is 11.0 Å². The van der Waals surface area contributed by atoms with Crippen LogP contribution >= 0.6 is 0 Å². The summed E-state index contributed by atoms with van der Waals surface area (Å²) in [4.78, 5) is 41.2. The van der Waals surface area contributed by atoms with Gasteiger partial charge in [0, 0.05) is 17.3 Å². The van der Waals surface area contributed by atoms with E-state index in [2.05, 4.69) is 15.6 Å². The third kappa shape index (κ3) is 5.45. The summed E-state index contributed by atoms with van der Waals surface area (Å²) in [5, 5.41) is 31.5. The van der Waals surface area contributed by atoms with E-state index >= 15 is 0 Å². The van der Waals surface area contributed by atoms with Crippen LogP contribution in [0.5, 0.6) is 11.5 Å². The molecule has 2 amide bonds. The Bertz CT molecular complexity index is 1520. The number of para-hydroxylation sites is 1. The lowest BCUT2D eigenvalue weighted by atomic mass is 10.0. The molecule has 3 aromatic carbocycles. The second-order valence-electron chi connectivity index (χ2n) is 9.74. The number of benzene rings is 3. The van der Waals surface area contributed by atoms with Gasteiger partial charge in [-0.1, -0.05) is 36.3 Å². The molecule has 39 heavy (non-hydrogen) atoms. The molecule has 1 fully saturated rings. The molecule has 0 spiro atoms. The predicted molar refractivity (Wildman–Crippen MR) is 144 cm³/mol. The Morgan fingerprint density at radius 2 is 1.72 bits per heavy atom. The summed E-state index contributed by atoms with van der Waals surface area (Å²) in [7, 11) is 0. The smallest absolute Gasteiger partial charge is 0.249 e. The number of anilines is 1. The summed E-state index contributed by atoms with van der Waals surface area (Å²) in [5.74, 6) is -1.76. The van der Waals surface area contributed by atoms with E-state index in [9.17, 15) is 24.6 Å². The van der Waals surface area contributed by atoms with Crippen molar-refractivity contribution in [3.8, 4) is 11.5 Å². The number of amides is 2. The van der Waals surface area contributed by atoms with Crippen molar-refractivity contribution in [2.24, 2.45) is 0 Å². The van der Waals surface area contributed by atoms with Gasteiger partial charge in [0.2, 0.25) is 11.8 Å². The van der Waals surface area contributed by atoms with Crippen LogP contribution in [-0.4, -0.2) is 48.8 Å². The summed E-state index contributed by atoms with van der Waals surface area (Å²) < 4.78 is 1.47. The van der Waals surface area contributed by atoms with Crippen LogP contribution in [-0.2, 0) is 16.1 Å². The summed E-state index contributed by atoms with van der Waals surface area (Å²) in [6.07, 6.45) is 3.69. The highest BCUT2D eigenvalue weighted by atomic mass is 16.3. The minimum absolute atomic E-state index is 0.0259. The number of nitrogens with zero attached hydrogens (tertiary/aromatic N) is 4. The lowest BCUT2D eigenvalue weighted by Gasteiger charge is -2.32. The van der Waals surface area contributed by atoms with E-state index in [-0.39, 0.29) is 24.1 Å². The number of Topliss-reactive ketones (excluding diaryl/α,β-unsaturated/α-hetero) is 1. The molecule has 1 aliphatic rings. The van der Waals surface area contributed by atoms with Gasteiger partial charge in [-0.25, -0.2) is 4.68 Å². The van der Waals surface area contributed by atoms with E-state index in [0.29, 0.717) is 27.8 Å². The van der Waals surface area contributed by atoms with Gasteiger partial charge in [0.1, 0.15) is 18.1 Å². The molecule has 1 heterocycles. The predicted octanol–water partition coefficient (Wildman–Crippen LogP) is 3.88. The summed E-state index contributed by atoms with van der Waals surface area (Å²) in [6.45, 7) is 1.23. The highest BCUT2D eigenvalue weighted by Gasteiger charge is 2.35. The number of aromatic hydroxyl groups is 2. The van der Waals surface area contributed by atoms with Crippen molar-refractivity contribution in [2.45, 2.75) is 51.2 Å². The number of hydrogen-bond acceptors (Lipinski definition) is 7. The molecule has 1 atom stereocenters. The second-order valence-corrected chi connectivity index (χ2v) is 9.74. The molecule has 1 aromatic heterocycles. The van der Waals surface area contributed by atoms with Gasteiger partial charge in [-0.3, -0.25) is 19.3 Å². The molecular formula is C29H29N5O5. The van der Waals surface area contributed by atoms with Crippen LogP contribution in [0.4, 0.5) is 5.69 Å². The molecule has 4 aromatic rings. The molecule has 5 rings (SSSR count). The van der Waals surface area contributed by atoms with Gasteiger partial charge in [-0.2, -0.15) is 0 Å². The minimum Gasteiger partial charge on any atom is -0.504 e. The van der Waals surface area contributed by atoms with Crippen LogP contribution < -0.4 is 10.2 Å². The molecule has 1 aliphatic carbocycles. The number of hydrogen-bond donors (Lipinski definition) is 3. The Morgan fingerprint density at radius 1 is 1.00 bits per heavy atom. The number of aromatic nitrogens is 3. The van der Waals surface area contributed by atoms with E-state index in [4.69, 9.17) is 0 Å². The molecule has 3 N–H and O–H groups in total. The monoisotopic (exact) mass is 527 g/mol. The SMILES string of the molecule is CC(=O)c1ccc(N(C(=O)Cn2nnc3ccccc32)[C@@H](C(=O)NC2CCCC2)c2ccc(O)c(O)c2)cc1. The lowest BCUT2D eigenvalue weighted by Crippen LogP contribution is -2.47. The molecular weight excluding hydrogens is 498 g/mol. The van der Waals surface area contributed by atoms with Crippen LogP contribution in [0.1, 0.15) is 54.6 Å². The second kappa shape index (κ2) is 10.9. The third-order valence-corrected chi connectivity index (χ3v) is 7.05. The molecule has 1 saturated carbocycles. The first-order valence-electron chi connectivity index (χ1n) is 12.9. The Balaban J connectivity index is 1.60. The molecule has 0 aliphatic heterocycles. The summed E-state index contributed by atoms with van der Waals surface area (Å²) in [6, 6.07) is 16.5. The fourth-order valence-electron chi connectivity index (χ4n) is 5.01. The number of phenolic OH excluding ortho intramolecular Hbond substituents is 2. The highest BCUT2D eigenvalue weighted by molar-refractivity contribution is 6.02. The van der Waals surface area contributed by atoms with Crippen LogP contribution in [0.2, 0.25) is 0 Å². The maximum Gasteiger partial charge on any atom is 0.249 e. The van der Waals surface area contributed by atoms with Crippen molar-refractivity contribution in [3.05, 3.63) is 77.9 Å². The van der Waals surface area contributed by atoms with Gasteiger partial charge in [0.25, 0.3) is 0 Å². The van der Waals surface area contributed by atoms with E-state index in [1.165, 1.54) is 34.7 Å². The van der Waals surface area contributed by atoms with Gasteiger partial charge < -0.3 is 15.5 Å². The van der Waals surface area contributed by atoms with E-state index in [1.807, 2.05) is 12.1 Å². The van der Waals surface area contributed by atoms with Gasteiger partial charge in [-0.15, -0.1) is 5.10 Å². The van der Waals surface area contributed by atoms with Gasteiger partial charge in [-0.05, 0) is 73.9 Å². The Morgan fingerprint density at radius 3 is 2.41 bits per heavy atom. The first-order chi connectivity index (χ1) is 18.8. The van der Waals surface area contributed by atoms with E-state index in [0.717, 1.165) is 25.7 Å². The zero-order chi connectivity index (χ0) is 27.5. The van der Waals surface area contributed by atoms with E-state index < -0.39 is 23.6 Å². The average molecular weight is 528 g/mol. The third-order valence-electron chi connectivity index (χ3n) is 7.05. The number of phenols is 2. The normalized spacial score (nSPS) is 14.3. The summed E-state index contributed by atoms with van der Waals surface area (Å²) >= 11 is 0. The standard InChI is InChI=1S/C29H29N5O5/c1-18(35)19-10-13-22(14-11-19)34(27(38)17-33-24-9-5-4-8-23(24)31-32-33)28(20-12-15-25(36)26(37)16-20)29(39)30-21-6-2-3-7-21/h4-5,8-16,21,28,36-37H,2-3,6-7,17H2,1H3,(H,30,39)/t28-/m1/s1. The summed E-state index contributed by atoms with van der Waals surface area (Å²) in [5.41, 5.74) is 2.44. The maximum atomic E-state index is 14.1. The molecule has 0 radical (unpaired) electrons. The lowest BCUT2D eigenvalue weighted by molar-refractivity contribution is -0.127. The molecule has 200 valence electrons. The Kier molecular flexibility index (Phi) is 7.27.